The molecule has 1 atom stereocenters. The van der Waals surface area contributed by atoms with Crippen molar-refractivity contribution in [3.05, 3.63) is 41.2 Å². The van der Waals surface area contributed by atoms with Crippen LogP contribution in [0, 0.1) is 5.82 Å². The standard InChI is InChI=1S/C14H19FN4/c1-4-13-17-14(5-2)19(18-13)12-7-6-10(15)8-11(12)9(3)16/h6-9H,4-5,16H2,1-3H3. The number of benzene rings is 1. The Morgan fingerprint density at radius 2 is 2.05 bits per heavy atom. The van der Waals surface area contributed by atoms with Gasteiger partial charge in [-0.1, -0.05) is 13.8 Å². The van der Waals surface area contributed by atoms with E-state index in [1.807, 2.05) is 20.8 Å². The maximum Gasteiger partial charge on any atom is 0.151 e. The fourth-order valence-electron chi connectivity index (χ4n) is 2.05. The molecular formula is C14H19FN4. The van der Waals surface area contributed by atoms with Crippen molar-refractivity contribution in [2.45, 2.75) is 39.7 Å². The molecule has 19 heavy (non-hydrogen) atoms. The Morgan fingerprint density at radius 1 is 1.32 bits per heavy atom. The minimum atomic E-state index is -0.287. The summed E-state index contributed by atoms with van der Waals surface area (Å²) in [6.45, 7) is 5.87. The van der Waals surface area contributed by atoms with Gasteiger partial charge in [-0.15, -0.1) is 0 Å². The van der Waals surface area contributed by atoms with Gasteiger partial charge in [0.1, 0.15) is 11.6 Å². The Hall–Kier alpha value is -1.75. The maximum atomic E-state index is 13.4. The zero-order chi connectivity index (χ0) is 14.0. The molecule has 0 radical (unpaired) electrons. The van der Waals surface area contributed by atoms with Crippen LogP contribution >= 0.6 is 0 Å². The van der Waals surface area contributed by atoms with E-state index in [1.165, 1.54) is 12.1 Å². The zero-order valence-electron chi connectivity index (χ0n) is 11.5. The molecule has 1 unspecified atom stereocenters. The van der Waals surface area contributed by atoms with Crippen molar-refractivity contribution in [1.82, 2.24) is 14.8 Å². The lowest BCUT2D eigenvalue weighted by molar-refractivity contribution is 0.619. The number of halogens is 1. The molecular weight excluding hydrogens is 243 g/mol. The molecule has 1 heterocycles. The molecule has 2 N–H and O–H groups in total. The number of hydrogen-bond acceptors (Lipinski definition) is 3. The monoisotopic (exact) mass is 262 g/mol. The molecule has 0 aliphatic carbocycles. The minimum Gasteiger partial charge on any atom is -0.324 e. The molecule has 0 aliphatic rings. The molecule has 0 fully saturated rings. The van der Waals surface area contributed by atoms with Crippen LogP contribution in [-0.4, -0.2) is 14.8 Å². The van der Waals surface area contributed by atoms with E-state index < -0.39 is 0 Å². The quantitative estimate of drug-likeness (QED) is 0.921. The topological polar surface area (TPSA) is 56.7 Å². The van der Waals surface area contributed by atoms with Crippen LogP contribution in [0.4, 0.5) is 4.39 Å². The summed E-state index contributed by atoms with van der Waals surface area (Å²) in [5.41, 5.74) is 7.47. The van der Waals surface area contributed by atoms with Gasteiger partial charge in [0.05, 0.1) is 5.69 Å². The Balaban J connectivity index is 2.60. The van der Waals surface area contributed by atoms with Crippen LogP contribution in [0.3, 0.4) is 0 Å². The fraction of sp³-hybridized carbons (Fsp3) is 0.429. The van der Waals surface area contributed by atoms with E-state index in [1.54, 1.807) is 10.7 Å². The van der Waals surface area contributed by atoms with Crippen LogP contribution in [0.15, 0.2) is 18.2 Å². The first kappa shape index (κ1) is 13.7. The van der Waals surface area contributed by atoms with Gasteiger partial charge >= 0.3 is 0 Å². The van der Waals surface area contributed by atoms with Gasteiger partial charge in [0, 0.05) is 18.9 Å². The Bertz CT molecular complexity index is 575. The molecule has 1 aromatic carbocycles. The first-order valence-electron chi connectivity index (χ1n) is 6.57. The summed E-state index contributed by atoms with van der Waals surface area (Å²) < 4.78 is 15.2. The third-order valence-corrected chi connectivity index (χ3v) is 3.06. The van der Waals surface area contributed by atoms with E-state index in [4.69, 9.17) is 5.73 Å². The number of aryl methyl sites for hydroxylation is 2. The van der Waals surface area contributed by atoms with Gasteiger partial charge in [-0.3, -0.25) is 0 Å². The molecule has 5 heteroatoms. The highest BCUT2D eigenvalue weighted by atomic mass is 19.1. The number of aromatic nitrogens is 3. The zero-order valence-corrected chi connectivity index (χ0v) is 11.5. The summed E-state index contributed by atoms with van der Waals surface area (Å²) in [4.78, 5) is 4.46. The molecule has 0 saturated carbocycles. The van der Waals surface area contributed by atoms with Crippen LogP contribution in [0.1, 0.15) is 44.0 Å². The van der Waals surface area contributed by atoms with Crippen molar-refractivity contribution in [3.8, 4) is 5.69 Å². The van der Waals surface area contributed by atoms with Crippen molar-refractivity contribution in [3.63, 3.8) is 0 Å². The van der Waals surface area contributed by atoms with Gasteiger partial charge in [0.15, 0.2) is 5.82 Å². The summed E-state index contributed by atoms with van der Waals surface area (Å²) in [6.07, 6.45) is 1.54. The number of rotatable bonds is 4. The third kappa shape index (κ3) is 2.66. The minimum absolute atomic E-state index is 0.260. The van der Waals surface area contributed by atoms with Crippen molar-refractivity contribution in [2.75, 3.05) is 0 Å². The van der Waals surface area contributed by atoms with Crippen molar-refractivity contribution < 1.29 is 4.39 Å². The molecule has 2 rings (SSSR count). The molecule has 0 aliphatic heterocycles. The molecule has 0 amide bonds. The normalized spacial score (nSPS) is 12.7. The van der Waals surface area contributed by atoms with Gasteiger partial charge < -0.3 is 5.73 Å². The van der Waals surface area contributed by atoms with Crippen LogP contribution in [0.2, 0.25) is 0 Å². The van der Waals surface area contributed by atoms with E-state index >= 15 is 0 Å². The maximum absolute atomic E-state index is 13.4. The Morgan fingerprint density at radius 3 is 2.63 bits per heavy atom. The lowest BCUT2D eigenvalue weighted by Gasteiger charge is -2.14. The summed E-state index contributed by atoms with van der Waals surface area (Å²) in [5.74, 6) is 1.37. The van der Waals surface area contributed by atoms with Gasteiger partial charge in [0.25, 0.3) is 0 Å². The fourth-order valence-corrected chi connectivity index (χ4v) is 2.05. The highest BCUT2D eigenvalue weighted by Gasteiger charge is 2.15. The second-order valence-corrected chi connectivity index (χ2v) is 4.55. The lowest BCUT2D eigenvalue weighted by Crippen LogP contribution is -2.12. The lowest BCUT2D eigenvalue weighted by atomic mass is 10.1. The van der Waals surface area contributed by atoms with E-state index in [9.17, 15) is 4.39 Å². The molecule has 4 nitrogen and oxygen atoms in total. The van der Waals surface area contributed by atoms with Crippen LogP contribution in [-0.2, 0) is 12.8 Å². The average molecular weight is 262 g/mol. The second kappa shape index (κ2) is 5.48. The largest absolute Gasteiger partial charge is 0.324 e. The second-order valence-electron chi connectivity index (χ2n) is 4.55. The molecule has 102 valence electrons. The van der Waals surface area contributed by atoms with E-state index in [-0.39, 0.29) is 11.9 Å². The first-order chi connectivity index (χ1) is 9.06. The van der Waals surface area contributed by atoms with Crippen molar-refractivity contribution in [2.24, 2.45) is 5.73 Å². The van der Waals surface area contributed by atoms with E-state index in [0.717, 1.165) is 35.7 Å². The predicted molar refractivity (Wildman–Crippen MR) is 72.7 cm³/mol. The number of hydrogen-bond donors (Lipinski definition) is 1. The van der Waals surface area contributed by atoms with Gasteiger partial charge in [0.2, 0.25) is 0 Å². The Labute approximate surface area is 112 Å². The van der Waals surface area contributed by atoms with Crippen molar-refractivity contribution >= 4 is 0 Å². The van der Waals surface area contributed by atoms with E-state index in [2.05, 4.69) is 10.1 Å². The molecule has 2 aromatic rings. The number of nitrogens with two attached hydrogens (primary N) is 1. The van der Waals surface area contributed by atoms with Gasteiger partial charge in [-0.25, -0.2) is 14.1 Å². The smallest absolute Gasteiger partial charge is 0.151 e. The Kier molecular flexibility index (Phi) is 3.95. The van der Waals surface area contributed by atoms with Gasteiger partial charge in [-0.2, -0.15) is 5.10 Å². The third-order valence-electron chi connectivity index (χ3n) is 3.06. The molecule has 0 spiro atoms. The van der Waals surface area contributed by atoms with Crippen LogP contribution in [0.5, 0.6) is 0 Å². The first-order valence-corrected chi connectivity index (χ1v) is 6.57. The molecule has 0 saturated heterocycles. The average Bonchev–Trinajstić information content (AvgIpc) is 2.81. The number of nitrogens with zero attached hydrogens (tertiary/aromatic N) is 3. The SMILES string of the molecule is CCc1nc(CC)n(-c2ccc(F)cc2C(C)N)n1. The molecule has 0 bridgehead atoms. The summed E-state index contributed by atoms with van der Waals surface area (Å²) in [6, 6.07) is 4.34. The van der Waals surface area contributed by atoms with Crippen LogP contribution in [0.25, 0.3) is 5.69 Å². The van der Waals surface area contributed by atoms with Gasteiger partial charge in [-0.05, 0) is 30.7 Å². The molecule has 1 aromatic heterocycles. The predicted octanol–water partition coefficient (Wildman–Crippen LogP) is 2.55. The highest BCUT2D eigenvalue weighted by Crippen LogP contribution is 2.22. The summed E-state index contributed by atoms with van der Waals surface area (Å²) >= 11 is 0. The van der Waals surface area contributed by atoms with E-state index in [0.29, 0.717) is 0 Å². The summed E-state index contributed by atoms with van der Waals surface area (Å²) in [7, 11) is 0. The highest BCUT2D eigenvalue weighted by molar-refractivity contribution is 5.43. The summed E-state index contributed by atoms with van der Waals surface area (Å²) in [5, 5.41) is 4.47. The van der Waals surface area contributed by atoms with Crippen LogP contribution < -0.4 is 5.73 Å². The van der Waals surface area contributed by atoms with Crippen molar-refractivity contribution in [1.29, 1.82) is 0 Å².